The van der Waals surface area contributed by atoms with Crippen LogP contribution in [-0.2, 0) is 11.2 Å². The lowest BCUT2D eigenvalue weighted by molar-refractivity contribution is -0.166. The van der Waals surface area contributed by atoms with Crippen LogP contribution in [0.25, 0.3) is 0 Å². The summed E-state index contributed by atoms with van der Waals surface area (Å²) in [4.78, 5) is 0. The van der Waals surface area contributed by atoms with E-state index in [4.69, 9.17) is 0 Å². The molecule has 8 heteroatoms. The molecule has 1 unspecified atom stereocenters. The minimum absolute atomic E-state index is 0.164. The first-order valence-corrected chi connectivity index (χ1v) is 6.90. The van der Waals surface area contributed by atoms with Crippen molar-refractivity contribution in [3.8, 4) is 0 Å². The smallest absolute Gasteiger partial charge is 0.330 e. The Balaban J connectivity index is 2.52. The summed E-state index contributed by atoms with van der Waals surface area (Å²) in [6, 6.07) is 3.75. The highest BCUT2D eigenvalue weighted by molar-refractivity contribution is 9.10. The maximum absolute atomic E-state index is 13.0. The fraction of sp³-hybridized carbons (Fsp3) is 0.538. The first kappa shape index (κ1) is 18.3. The van der Waals surface area contributed by atoms with Crippen LogP contribution >= 0.6 is 15.9 Å². The zero-order valence-electron chi connectivity index (χ0n) is 11.2. The molecule has 2 nitrogen and oxygen atoms in total. The summed E-state index contributed by atoms with van der Waals surface area (Å²) in [5.74, 6) is -4.56. The predicted molar refractivity (Wildman–Crippen MR) is 72.4 cm³/mol. The average molecular weight is 376 g/mol. The van der Waals surface area contributed by atoms with Gasteiger partial charge in [0.15, 0.2) is 0 Å². The van der Waals surface area contributed by atoms with E-state index in [1.54, 1.807) is 13.1 Å². The molecule has 0 radical (unpaired) electrons. The Labute approximate surface area is 127 Å². The van der Waals surface area contributed by atoms with Gasteiger partial charge in [0, 0.05) is 10.5 Å². The van der Waals surface area contributed by atoms with E-state index in [2.05, 4.69) is 26.0 Å². The van der Waals surface area contributed by atoms with Gasteiger partial charge < -0.3 is 10.1 Å². The molecular weight excluding hydrogens is 361 g/mol. The zero-order chi connectivity index (χ0) is 16.0. The topological polar surface area (TPSA) is 21.3 Å². The Morgan fingerprint density at radius 1 is 1.33 bits per heavy atom. The van der Waals surface area contributed by atoms with Gasteiger partial charge in [-0.2, -0.15) is 8.78 Å². The summed E-state index contributed by atoms with van der Waals surface area (Å²) >= 11 is 3.20. The van der Waals surface area contributed by atoms with Crippen molar-refractivity contribution < 1.29 is 26.7 Å². The zero-order valence-corrected chi connectivity index (χ0v) is 12.8. The van der Waals surface area contributed by atoms with Crippen molar-refractivity contribution in [1.29, 1.82) is 0 Å². The molecule has 1 aromatic rings. The summed E-state index contributed by atoms with van der Waals surface area (Å²) in [6.45, 7) is -1.50. The number of rotatable bonds is 8. The second-order valence-corrected chi connectivity index (χ2v) is 5.36. The van der Waals surface area contributed by atoms with Gasteiger partial charge in [-0.3, -0.25) is 0 Å². The van der Waals surface area contributed by atoms with E-state index in [1.807, 2.05) is 0 Å². The number of benzene rings is 1. The van der Waals surface area contributed by atoms with Gasteiger partial charge in [-0.15, -0.1) is 0 Å². The summed E-state index contributed by atoms with van der Waals surface area (Å²) in [5.41, 5.74) is 0.750. The van der Waals surface area contributed by atoms with E-state index in [0.717, 1.165) is 5.56 Å². The van der Waals surface area contributed by atoms with Crippen LogP contribution in [0.3, 0.4) is 0 Å². The third-order valence-corrected chi connectivity index (χ3v) is 3.56. The van der Waals surface area contributed by atoms with E-state index in [9.17, 15) is 22.0 Å². The summed E-state index contributed by atoms with van der Waals surface area (Å²) < 4.78 is 67.5. The Kier molecular flexibility index (Phi) is 7.02. The molecule has 1 N–H and O–H groups in total. The number of nitrogens with one attached hydrogen (secondary N) is 1. The molecule has 0 spiro atoms. The number of hydrogen-bond acceptors (Lipinski definition) is 2. The fourth-order valence-corrected chi connectivity index (χ4v) is 2.11. The highest BCUT2D eigenvalue weighted by Gasteiger charge is 2.41. The monoisotopic (exact) mass is 375 g/mol. The van der Waals surface area contributed by atoms with Crippen molar-refractivity contribution in [2.24, 2.45) is 0 Å². The van der Waals surface area contributed by atoms with Crippen molar-refractivity contribution in [2.75, 3.05) is 20.3 Å². The largest absolute Gasteiger partial charge is 0.373 e. The molecule has 0 bridgehead atoms. The highest BCUT2D eigenvalue weighted by atomic mass is 79.9. The van der Waals surface area contributed by atoms with Gasteiger partial charge in [0.2, 0.25) is 0 Å². The molecule has 0 heterocycles. The lowest BCUT2D eigenvalue weighted by Gasteiger charge is -2.20. The SMILES string of the molecule is CNC(COCC(F)(F)C(F)F)Cc1ccc(F)cc1Br. The molecule has 0 aromatic heterocycles. The molecule has 0 fully saturated rings. The van der Waals surface area contributed by atoms with E-state index in [-0.39, 0.29) is 12.6 Å². The van der Waals surface area contributed by atoms with Crippen LogP contribution in [0, 0.1) is 5.82 Å². The Morgan fingerprint density at radius 3 is 2.52 bits per heavy atom. The molecule has 0 aliphatic heterocycles. The van der Waals surface area contributed by atoms with E-state index >= 15 is 0 Å². The van der Waals surface area contributed by atoms with Crippen molar-refractivity contribution in [3.05, 3.63) is 34.1 Å². The number of hydrogen-bond donors (Lipinski definition) is 1. The molecule has 0 amide bonds. The molecule has 1 atom stereocenters. The van der Waals surface area contributed by atoms with Crippen LogP contribution in [0.5, 0.6) is 0 Å². The minimum Gasteiger partial charge on any atom is -0.373 e. The maximum Gasteiger partial charge on any atom is 0.330 e. The van der Waals surface area contributed by atoms with Crippen LogP contribution < -0.4 is 5.32 Å². The van der Waals surface area contributed by atoms with Crippen molar-refractivity contribution in [2.45, 2.75) is 24.8 Å². The summed E-state index contributed by atoms with van der Waals surface area (Å²) in [6.07, 6.45) is -3.38. The number of halogens is 6. The number of likely N-dealkylation sites (N-methyl/N-ethyl adjacent to an activating group) is 1. The molecule has 0 saturated carbocycles. The van der Waals surface area contributed by atoms with E-state index < -0.39 is 24.8 Å². The molecule has 0 aliphatic carbocycles. The first-order valence-electron chi connectivity index (χ1n) is 6.11. The minimum atomic E-state index is -4.16. The second kappa shape index (κ2) is 8.05. The fourth-order valence-electron chi connectivity index (χ4n) is 1.60. The lowest BCUT2D eigenvalue weighted by atomic mass is 10.1. The third kappa shape index (κ3) is 5.88. The Morgan fingerprint density at radius 2 is 2.00 bits per heavy atom. The van der Waals surface area contributed by atoms with Crippen LogP contribution in [0.4, 0.5) is 22.0 Å². The lowest BCUT2D eigenvalue weighted by Crippen LogP contribution is -2.37. The first-order chi connectivity index (χ1) is 9.76. The molecule has 0 aliphatic rings. The van der Waals surface area contributed by atoms with Crippen molar-refractivity contribution in [1.82, 2.24) is 5.32 Å². The van der Waals surface area contributed by atoms with Gasteiger partial charge in [-0.05, 0) is 31.2 Å². The highest BCUT2D eigenvalue weighted by Crippen LogP contribution is 2.23. The molecule has 21 heavy (non-hydrogen) atoms. The molecule has 1 aromatic carbocycles. The van der Waals surface area contributed by atoms with Gasteiger partial charge in [-0.1, -0.05) is 22.0 Å². The molecule has 1 rings (SSSR count). The number of alkyl halides is 4. The quantitative estimate of drug-likeness (QED) is 0.700. The van der Waals surface area contributed by atoms with Crippen molar-refractivity contribution in [3.63, 3.8) is 0 Å². The second-order valence-electron chi connectivity index (χ2n) is 4.50. The van der Waals surface area contributed by atoms with Crippen LogP contribution in [0.2, 0.25) is 0 Å². The van der Waals surface area contributed by atoms with Gasteiger partial charge in [0.25, 0.3) is 0 Å². The molecule has 120 valence electrons. The van der Waals surface area contributed by atoms with Gasteiger partial charge in [-0.25, -0.2) is 13.2 Å². The van der Waals surface area contributed by atoms with Crippen molar-refractivity contribution >= 4 is 15.9 Å². The van der Waals surface area contributed by atoms with Gasteiger partial charge in [0.1, 0.15) is 12.4 Å². The van der Waals surface area contributed by atoms with Crippen LogP contribution in [-0.4, -0.2) is 38.7 Å². The molecule has 0 saturated heterocycles. The van der Waals surface area contributed by atoms with Crippen LogP contribution in [0.15, 0.2) is 22.7 Å². The standard InChI is InChI=1S/C13H15BrF5NO/c1-20-10(6-21-7-13(18,19)12(16)17)4-8-2-3-9(15)5-11(8)14/h2-3,5,10,12,20H,4,6-7H2,1H3. The Bertz CT molecular complexity index is 458. The maximum atomic E-state index is 13.0. The van der Waals surface area contributed by atoms with Gasteiger partial charge >= 0.3 is 12.3 Å². The summed E-state index contributed by atoms with van der Waals surface area (Å²) in [5, 5.41) is 2.84. The average Bonchev–Trinajstić information content (AvgIpc) is 2.39. The molecular formula is C13H15BrF5NO. The summed E-state index contributed by atoms with van der Waals surface area (Å²) in [7, 11) is 1.59. The van der Waals surface area contributed by atoms with Gasteiger partial charge in [0.05, 0.1) is 6.61 Å². The van der Waals surface area contributed by atoms with E-state index in [1.165, 1.54) is 12.1 Å². The van der Waals surface area contributed by atoms with E-state index in [0.29, 0.717) is 10.9 Å². The predicted octanol–water partition coefficient (Wildman–Crippen LogP) is 3.64. The Hall–Kier alpha value is -0.730. The third-order valence-electron chi connectivity index (χ3n) is 2.82. The number of ether oxygens (including phenoxy) is 1. The van der Waals surface area contributed by atoms with Crippen LogP contribution in [0.1, 0.15) is 5.56 Å². The normalized spacial score (nSPS) is 13.7.